The molecule has 1 N–H and O–H groups in total. The number of imidazole rings is 1. The Balaban J connectivity index is 1.42. The number of hydrogen-bond donors (Lipinski definition) is 1. The molecular formula is C18H17N7O. The number of benzene rings is 1. The van der Waals surface area contributed by atoms with E-state index >= 15 is 0 Å². The highest BCUT2D eigenvalue weighted by Crippen LogP contribution is 2.17. The molecule has 0 saturated heterocycles. The minimum absolute atomic E-state index is 0.0755. The topological polar surface area (TPSA) is 90.5 Å². The molecule has 26 heavy (non-hydrogen) atoms. The van der Waals surface area contributed by atoms with Gasteiger partial charge >= 0.3 is 0 Å². The Morgan fingerprint density at radius 3 is 2.81 bits per heavy atom. The predicted molar refractivity (Wildman–Crippen MR) is 95.4 cm³/mol. The molecule has 1 atom stereocenters. The second-order valence-corrected chi connectivity index (χ2v) is 5.90. The molecule has 4 rings (SSSR count). The predicted octanol–water partition coefficient (Wildman–Crippen LogP) is 1.89. The van der Waals surface area contributed by atoms with Crippen LogP contribution in [0.1, 0.15) is 18.5 Å². The average molecular weight is 347 g/mol. The molecule has 0 aliphatic carbocycles. The molecule has 4 aromatic rings. The lowest BCUT2D eigenvalue weighted by atomic mass is 10.2. The van der Waals surface area contributed by atoms with Gasteiger partial charge in [0.2, 0.25) is 5.91 Å². The van der Waals surface area contributed by atoms with Crippen molar-refractivity contribution in [2.24, 2.45) is 0 Å². The number of carbonyl (C=O) groups is 1. The fourth-order valence-electron chi connectivity index (χ4n) is 2.73. The Morgan fingerprint density at radius 1 is 1.15 bits per heavy atom. The van der Waals surface area contributed by atoms with Gasteiger partial charge in [0.15, 0.2) is 5.82 Å². The molecule has 130 valence electrons. The Bertz CT molecular complexity index is 1020. The zero-order valence-electron chi connectivity index (χ0n) is 14.1. The summed E-state index contributed by atoms with van der Waals surface area (Å²) in [7, 11) is 0. The van der Waals surface area contributed by atoms with E-state index in [4.69, 9.17) is 0 Å². The number of rotatable bonds is 5. The molecule has 0 bridgehead atoms. The van der Waals surface area contributed by atoms with E-state index in [9.17, 15) is 4.79 Å². The van der Waals surface area contributed by atoms with Gasteiger partial charge < -0.3 is 9.88 Å². The lowest BCUT2D eigenvalue weighted by Gasteiger charge is -2.14. The summed E-state index contributed by atoms with van der Waals surface area (Å²) < 4.78 is 3.45. The number of amides is 1. The van der Waals surface area contributed by atoms with Crippen molar-refractivity contribution >= 4 is 16.9 Å². The van der Waals surface area contributed by atoms with Gasteiger partial charge in [-0.2, -0.15) is 5.10 Å². The van der Waals surface area contributed by atoms with Crippen LogP contribution in [0, 0.1) is 0 Å². The molecular weight excluding hydrogens is 330 g/mol. The SMILES string of the molecule is CC(C(=O)NCc1ccc(-n2cncn2)nc1)n1cnc2ccccc21. The molecule has 0 aliphatic rings. The van der Waals surface area contributed by atoms with Crippen LogP contribution in [-0.2, 0) is 11.3 Å². The molecule has 8 heteroatoms. The largest absolute Gasteiger partial charge is 0.350 e. The molecule has 0 aliphatic heterocycles. The van der Waals surface area contributed by atoms with Crippen LogP contribution in [0.25, 0.3) is 16.9 Å². The summed E-state index contributed by atoms with van der Waals surface area (Å²) in [5.41, 5.74) is 2.72. The quantitative estimate of drug-likeness (QED) is 0.595. The molecule has 3 aromatic heterocycles. The van der Waals surface area contributed by atoms with Crippen molar-refractivity contribution in [1.82, 2.24) is 34.6 Å². The zero-order valence-corrected chi connectivity index (χ0v) is 14.1. The lowest BCUT2D eigenvalue weighted by molar-refractivity contribution is -0.123. The van der Waals surface area contributed by atoms with Gasteiger partial charge in [-0.3, -0.25) is 4.79 Å². The fraction of sp³-hybridized carbons (Fsp3) is 0.167. The first kappa shape index (κ1) is 15.9. The van der Waals surface area contributed by atoms with E-state index in [1.54, 1.807) is 23.5 Å². The van der Waals surface area contributed by atoms with Crippen molar-refractivity contribution in [3.8, 4) is 5.82 Å². The molecule has 1 unspecified atom stereocenters. The molecule has 3 heterocycles. The smallest absolute Gasteiger partial charge is 0.243 e. The number of nitrogens with one attached hydrogen (secondary N) is 1. The van der Waals surface area contributed by atoms with Crippen molar-refractivity contribution in [3.63, 3.8) is 0 Å². The third kappa shape index (κ3) is 3.04. The molecule has 1 amide bonds. The van der Waals surface area contributed by atoms with Crippen LogP contribution in [0.15, 0.2) is 61.6 Å². The molecule has 1 aromatic carbocycles. The number of nitrogens with zero attached hydrogens (tertiary/aromatic N) is 6. The Labute approximate surface area is 149 Å². The van der Waals surface area contributed by atoms with Gasteiger partial charge in [0.1, 0.15) is 18.7 Å². The van der Waals surface area contributed by atoms with Crippen LogP contribution in [0.5, 0.6) is 0 Å². The van der Waals surface area contributed by atoms with Crippen LogP contribution in [0.3, 0.4) is 0 Å². The molecule has 0 fully saturated rings. The van der Waals surface area contributed by atoms with Crippen LogP contribution >= 0.6 is 0 Å². The van der Waals surface area contributed by atoms with Crippen molar-refractivity contribution < 1.29 is 4.79 Å². The first-order chi connectivity index (χ1) is 12.7. The highest BCUT2D eigenvalue weighted by Gasteiger charge is 2.16. The van der Waals surface area contributed by atoms with E-state index in [-0.39, 0.29) is 11.9 Å². The highest BCUT2D eigenvalue weighted by atomic mass is 16.2. The minimum atomic E-state index is -0.357. The average Bonchev–Trinajstić information content (AvgIpc) is 3.36. The third-order valence-electron chi connectivity index (χ3n) is 4.21. The van der Waals surface area contributed by atoms with Gasteiger partial charge in [-0.1, -0.05) is 18.2 Å². The maximum Gasteiger partial charge on any atom is 0.243 e. The van der Waals surface area contributed by atoms with Crippen LogP contribution in [-0.4, -0.2) is 35.2 Å². The van der Waals surface area contributed by atoms with Gasteiger partial charge in [0, 0.05) is 12.7 Å². The second-order valence-electron chi connectivity index (χ2n) is 5.90. The van der Waals surface area contributed by atoms with E-state index < -0.39 is 0 Å². The van der Waals surface area contributed by atoms with Crippen molar-refractivity contribution in [3.05, 3.63) is 67.1 Å². The normalized spacial score (nSPS) is 12.2. The summed E-state index contributed by atoms with van der Waals surface area (Å²) in [4.78, 5) is 25.1. The van der Waals surface area contributed by atoms with Crippen LogP contribution in [0.2, 0.25) is 0 Å². The molecule has 0 spiro atoms. The molecule has 0 radical (unpaired) electrons. The third-order valence-corrected chi connectivity index (χ3v) is 4.21. The van der Waals surface area contributed by atoms with Crippen molar-refractivity contribution in [1.29, 1.82) is 0 Å². The highest BCUT2D eigenvalue weighted by molar-refractivity contribution is 5.83. The molecule has 8 nitrogen and oxygen atoms in total. The number of carbonyl (C=O) groups excluding carboxylic acids is 1. The maximum atomic E-state index is 12.5. The maximum absolute atomic E-state index is 12.5. The van der Waals surface area contributed by atoms with Crippen molar-refractivity contribution in [2.45, 2.75) is 19.5 Å². The Morgan fingerprint density at radius 2 is 2.04 bits per heavy atom. The Hall–Kier alpha value is -3.55. The first-order valence-electron chi connectivity index (χ1n) is 8.21. The van der Waals surface area contributed by atoms with E-state index in [2.05, 4.69) is 25.4 Å². The van der Waals surface area contributed by atoms with Gasteiger partial charge in [-0.05, 0) is 30.7 Å². The summed E-state index contributed by atoms with van der Waals surface area (Å²) >= 11 is 0. The summed E-state index contributed by atoms with van der Waals surface area (Å²) in [5.74, 6) is 0.601. The van der Waals surface area contributed by atoms with E-state index in [1.165, 1.54) is 6.33 Å². The standard InChI is InChI=1S/C18H17N7O/c1-13(24-12-22-15-4-2-3-5-16(15)24)18(26)21-9-14-6-7-17(20-8-14)25-11-19-10-23-25/h2-8,10-13H,9H2,1H3,(H,21,26). The number of aromatic nitrogens is 6. The Kier molecular flexibility index (Phi) is 4.14. The van der Waals surface area contributed by atoms with Gasteiger partial charge in [-0.25, -0.2) is 19.6 Å². The molecule has 0 saturated carbocycles. The van der Waals surface area contributed by atoms with Gasteiger partial charge in [0.05, 0.1) is 17.4 Å². The minimum Gasteiger partial charge on any atom is -0.350 e. The number of hydrogen-bond acceptors (Lipinski definition) is 5. The van der Waals surface area contributed by atoms with Crippen LogP contribution < -0.4 is 5.32 Å². The second kappa shape index (κ2) is 6.75. The number of pyridine rings is 1. The van der Waals surface area contributed by atoms with E-state index in [1.807, 2.05) is 47.9 Å². The van der Waals surface area contributed by atoms with E-state index in [0.29, 0.717) is 12.4 Å². The summed E-state index contributed by atoms with van der Waals surface area (Å²) in [6.45, 7) is 2.26. The summed E-state index contributed by atoms with van der Waals surface area (Å²) in [5, 5.41) is 6.98. The lowest BCUT2D eigenvalue weighted by Crippen LogP contribution is -2.30. The summed E-state index contributed by atoms with van der Waals surface area (Å²) in [6, 6.07) is 11.1. The summed E-state index contributed by atoms with van der Waals surface area (Å²) in [6.07, 6.45) is 6.45. The zero-order chi connectivity index (χ0) is 17.9. The van der Waals surface area contributed by atoms with Crippen molar-refractivity contribution in [2.75, 3.05) is 0 Å². The van der Waals surface area contributed by atoms with E-state index in [0.717, 1.165) is 16.6 Å². The van der Waals surface area contributed by atoms with Crippen LogP contribution in [0.4, 0.5) is 0 Å². The number of para-hydroxylation sites is 2. The fourth-order valence-corrected chi connectivity index (χ4v) is 2.73. The monoisotopic (exact) mass is 347 g/mol. The van der Waals surface area contributed by atoms with Gasteiger partial charge in [-0.15, -0.1) is 0 Å². The van der Waals surface area contributed by atoms with Gasteiger partial charge in [0.25, 0.3) is 0 Å². The first-order valence-corrected chi connectivity index (χ1v) is 8.21. The number of fused-ring (bicyclic) bond motifs is 1.